The third-order valence-electron chi connectivity index (χ3n) is 2.91. The molecule has 0 aliphatic carbocycles. The highest BCUT2D eigenvalue weighted by atomic mass is 32.2. The van der Waals surface area contributed by atoms with Gasteiger partial charge in [-0.05, 0) is 24.8 Å². The van der Waals surface area contributed by atoms with Crippen molar-refractivity contribution in [3.8, 4) is 0 Å². The van der Waals surface area contributed by atoms with Crippen LogP contribution in [0.4, 0.5) is 0 Å². The molecule has 1 unspecified atom stereocenters. The summed E-state index contributed by atoms with van der Waals surface area (Å²) >= 11 is 1.57. The summed E-state index contributed by atoms with van der Waals surface area (Å²) < 4.78 is 0. The third kappa shape index (κ3) is 3.17. The van der Waals surface area contributed by atoms with Gasteiger partial charge in [0.2, 0.25) is 0 Å². The number of thioether (sulfide) groups is 1. The molecule has 0 aliphatic rings. The SMILES string of the molecule is CCC(NC(=O)c1ccccc1SC)c1ncc[nH]1. The lowest BCUT2D eigenvalue weighted by molar-refractivity contribution is 0.0931. The van der Waals surface area contributed by atoms with Crippen molar-refractivity contribution in [3.63, 3.8) is 0 Å². The number of aromatic nitrogens is 2. The van der Waals surface area contributed by atoms with E-state index in [0.29, 0.717) is 5.56 Å². The van der Waals surface area contributed by atoms with Gasteiger partial charge in [-0.15, -0.1) is 11.8 Å². The van der Waals surface area contributed by atoms with Crippen molar-refractivity contribution >= 4 is 17.7 Å². The minimum Gasteiger partial charge on any atom is -0.347 e. The first-order valence-electron chi connectivity index (χ1n) is 6.19. The summed E-state index contributed by atoms with van der Waals surface area (Å²) in [5.41, 5.74) is 0.708. The van der Waals surface area contributed by atoms with Crippen LogP contribution in [0.1, 0.15) is 35.6 Å². The van der Waals surface area contributed by atoms with Gasteiger partial charge >= 0.3 is 0 Å². The van der Waals surface area contributed by atoms with Gasteiger partial charge in [0.1, 0.15) is 5.82 Å². The van der Waals surface area contributed by atoms with Crippen molar-refractivity contribution in [2.24, 2.45) is 0 Å². The van der Waals surface area contributed by atoms with Crippen molar-refractivity contribution in [1.29, 1.82) is 0 Å². The van der Waals surface area contributed by atoms with Crippen LogP contribution < -0.4 is 5.32 Å². The number of carbonyl (C=O) groups is 1. The van der Waals surface area contributed by atoms with Crippen LogP contribution in [0.5, 0.6) is 0 Å². The molecule has 1 aromatic carbocycles. The fraction of sp³-hybridized carbons (Fsp3) is 0.286. The van der Waals surface area contributed by atoms with Crippen molar-refractivity contribution in [2.75, 3.05) is 6.26 Å². The Morgan fingerprint density at radius 1 is 1.47 bits per heavy atom. The van der Waals surface area contributed by atoms with Crippen LogP contribution >= 0.6 is 11.8 Å². The molecule has 2 rings (SSSR count). The molecule has 1 heterocycles. The van der Waals surface area contributed by atoms with E-state index < -0.39 is 0 Å². The zero-order valence-corrected chi connectivity index (χ0v) is 11.8. The molecule has 5 heteroatoms. The number of rotatable bonds is 5. The molecular weight excluding hydrogens is 258 g/mol. The summed E-state index contributed by atoms with van der Waals surface area (Å²) in [7, 11) is 0. The van der Waals surface area contributed by atoms with Gasteiger partial charge in [0.25, 0.3) is 5.91 Å². The predicted molar refractivity (Wildman–Crippen MR) is 77.3 cm³/mol. The largest absolute Gasteiger partial charge is 0.347 e. The van der Waals surface area contributed by atoms with Crippen LogP contribution in [0.3, 0.4) is 0 Å². The molecule has 1 amide bonds. The van der Waals surface area contributed by atoms with Crippen LogP contribution in [0.25, 0.3) is 0 Å². The Morgan fingerprint density at radius 2 is 2.26 bits per heavy atom. The molecule has 100 valence electrons. The van der Waals surface area contributed by atoms with Gasteiger partial charge < -0.3 is 10.3 Å². The zero-order chi connectivity index (χ0) is 13.7. The van der Waals surface area contributed by atoms with Gasteiger partial charge in [-0.2, -0.15) is 0 Å². The number of hydrogen-bond donors (Lipinski definition) is 2. The molecule has 0 fully saturated rings. The van der Waals surface area contributed by atoms with E-state index >= 15 is 0 Å². The number of H-pyrrole nitrogens is 1. The Labute approximate surface area is 117 Å². The normalized spacial score (nSPS) is 12.1. The Balaban J connectivity index is 2.16. The van der Waals surface area contributed by atoms with E-state index in [0.717, 1.165) is 17.1 Å². The van der Waals surface area contributed by atoms with E-state index in [4.69, 9.17) is 0 Å². The number of hydrogen-bond acceptors (Lipinski definition) is 3. The average Bonchev–Trinajstić information content (AvgIpc) is 2.98. The van der Waals surface area contributed by atoms with Crippen molar-refractivity contribution in [1.82, 2.24) is 15.3 Å². The van der Waals surface area contributed by atoms with Gasteiger partial charge in [-0.3, -0.25) is 4.79 Å². The molecular formula is C14H17N3OS. The lowest BCUT2D eigenvalue weighted by Gasteiger charge is -2.15. The maximum atomic E-state index is 12.3. The second-order valence-corrected chi connectivity index (χ2v) is 4.96. The second-order valence-electron chi connectivity index (χ2n) is 4.11. The molecule has 1 atom stereocenters. The van der Waals surface area contributed by atoms with E-state index in [1.807, 2.05) is 37.4 Å². The molecule has 0 spiro atoms. The lowest BCUT2D eigenvalue weighted by Crippen LogP contribution is -2.29. The molecule has 0 saturated heterocycles. The van der Waals surface area contributed by atoms with Gasteiger partial charge in [0.05, 0.1) is 11.6 Å². The number of imidazole rings is 1. The smallest absolute Gasteiger partial charge is 0.253 e. The monoisotopic (exact) mass is 275 g/mol. The van der Waals surface area contributed by atoms with E-state index in [2.05, 4.69) is 15.3 Å². The first-order chi connectivity index (χ1) is 9.26. The molecule has 0 bridgehead atoms. The summed E-state index contributed by atoms with van der Waals surface area (Å²) in [6, 6.07) is 7.52. The second kappa shape index (κ2) is 6.43. The highest BCUT2D eigenvalue weighted by molar-refractivity contribution is 7.98. The van der Waals surface area contributed by atoms with E-state index in [1.54, 1.807) is 24.2 Å². The zero-order valence-electron chi connectivity index (χ0n) is 11.0. The molecule has 19 heavy (non-hydrogen) atoms. The van der Waals surface area contributed by atoms with Crippen LogP contribution in [0, 0.1) is 0 Å². The van der Waals surface area contributed by atoms with E-state index in [1.165, 1.54) is 0 Å². The van der Waals surface area contributed by atoms with E-state index in [9.17, 15) is 4.79 Å². The fourth-order valence-corrected chi connectivity index (χ4v) is 2.50. The topological polar surface area (TPSA) is 57.8 Å². The van der Waals surface area contributed by atoms with Crippen LogP contribution in [-0.2, 0) is 0 Å². The molecule has 2 N–H and O–H groups in total. The molecule has 0 radical (unpaired) electrons. The van der Waals surface area contributed by atoms with Crippen LogP contribution in [0.2, 0.25) is 0 Å². The number of aromatic amines is 1. The minimum absolute atomic E-state index is 0.0619. The maximum Gasteiger partial charge on any atom is 0.253 e. The number of nitrogens with one attached hydrogen (secondary N) is 2. The maximum absolute atomic E-state index is 12.3. The molecule has 1 aromatic heterocycles. The highest BCUT2D eigenvalue weighted by Crippen LogP contribution is 2.21. The van der Waals surface area contributed by atoms with Crippen LogP contribution in [-0.4, -0.2) is 22.1 Å². The summed E-state index contributed by atoms with van der Waals surface area (Å²) in [4.78, 5) is 20.5. The highest BCUT2D eigenvalue weighted by Gasteiger charge is 2.17. The van der Waals surface area contributed by atoms with Crippen molar-refractivity contribution in [3.05, 3.63) is 48.0 Å². The minimum atomic E-state index is -0.0857. The molecule has 2 aromatic rings. The standard InChI is InChI=1S/C14H17N3OS/c1-3-11(13-15-8-9-16-13)17-14(18)10-6-4-5-7-12(10)19-2/h4-9,11H,3H2,1-2H3,(H,15,16)(H,17,18). The van der Waals surface area contributed by atoms with E-state index in [-0.39, 0.29) is 11.9 Å². The molecule has 4 nitrogen and oxygen atoms in total. The Bertz CT molecular complexity index is 539. The predicted octanol–water partition coefficient (Wildman–Crippen LogP) is 3.01. The summed E-state index contributed by atoms with van der Waals surface area (Å²) in [6.45, 7) is 2.02. The Kier molecular flexibility index (Phi) is 4.63. The third-order valence-corrected chi connectivity index (χ3v) is 3.71. The Hall–Kier alpha value is -1.75. The summed E-state index contributed by atoms with van der Waals surface area (Å²) in [5, 5.41) is 3.01. The lowest BCUT2D eigenvalue weighted by atomic mass is 10.1. The van der Waals surface area contributed by atoms with Gasteiger partial charge in [0.15, 0.2) is 0 Å². The number of amides is 1. The average molecular weight is 275 g/mol. The first-order valence-corrected chi connectivity index (χ1v) is 7.42. The number of carbonyl (C=O) groups excluding carboxylic acids is 1. The van der Waals surface area contributed by atoms with Crippen molar-refractivity contribution < 1.29 is 4.79 Å². The van der Waals surface area contributed by atoms with Crippen molar-refractivity contribution in [2.45, 2.75) is 24.3 Å². The fourth-order valence-electron chi connectivity index (χ4n) is 1.90. The number of benzene rings is 1. The molecule has 0 aliphatic heterocycles. The summed E-state index contributed by atoms with van der Waals surface area (Å²) in [6.07, 6.45) is 6.22. The van der Waals surface area contributed by atoms with Gasteiger partial charge in [0, 0.05) is 17.3 Å². The van der Waals surface area contributed by atoms with Crippen LogP contribution in [0.15, 0.2) is 41.6 Å². The molecule has 0 saturated carbocycles. The first kappa shape index (κ1) is 13.7. The van der Waals surface area contributed by atoms with Gasteiger partial charge in [-0.1, -0.05) is 19.1 Å². The van der Waals surface area contributed by atoms with Gasteiger partial charge in [-0.25, -0.2) is 4.98 Å². The number of nitrogens with zero attached hydrogens (tertiary/aromatic N) is 1. The quantitative estimate of drug-likeness (QED) is 0.825. The Morgan fingerprint density at radius 3 is 2.89 bits per heavy atom. The summed E-state index contributed by atoms with van der Waals surface area (Å²) in [5.74, 6) is 0.727.